The third kappa shape index (κ3) is 36.6. The standard InChI is InChI=1S/C42H76O4/c1-3-5-7-9-11-13-15-17-18-19-20-21-22-23-24-26-28-30-32-34-36-38-42(45)46-40(39-41(43)44)37-35-33-31-29-27-25-16-14-12-10-8-6-4-2/h11,13,17-18,23-24,40H,3-10,12,14-16,19-22,25-39H2,1-2H3,(H,43,44)/b13-11-,18-17-,24-23-. The number of hydrogen-bond acceptors (Lipinski definition) is 3. The topological polar surface area (TPSA) is 63.6 Å². The molecule has 0 bridgehead atoms. The van der Waals surface area contributed by atoms with Crippen molar-refractivity contribution < 1.29 is 19.4 Å². The van der Waals surface area contributed by atoms with E-state index in [1.165, 1.54) is 135 Å². The summed E-state index contributed by atoms with van der Waals surface area (Å²) in [5, 5.41) is 9.26. The van der Waals surface area contributed by atoms with E-state index in [0.717, 1.165) is 44.9 Å². The fraction of sp³-hybridized carbons (Fsp3) is 0.810. The molecular formula is C42H76O4. The van der Waals surface area contributed by atoms with Crippen LogP contribution in [-0.4, -0.2) is 23.1 Å². The number of carboxylic acids is 1. The van der Waals surface area contributed by atoms with Crippen LogP contribution in [0.1, 0.15) is 213 Å². The van der Waals surface area contributed by atoms with Crippen LogP contribution in [0.15, 0.2) is 36.5 Å². The summed E-state index contributed by atoms with van der Waals surface area (Å²) in [5.74, 6) is -1.11. The highest BCUT2D eigenvalue weighted by atomic mass is 16.5. The lowest BCUT2D eigenvalue weighted by Gasteiger charge is -2.16. The minimum atomic E-state index is -0.884. The van der Waals surface area contributed by atoms with E-state index in [1.807, 2.05) is 0 Å². The van der Waals surface area contributed by atoms with Gasteiger partial charge in [0.15, 0.2) is 0 Å². The molecule has 0 saturated carbocycles. The Morgan fingerprint density at radius 3 is 1.37 bits per heavy atom. The second-order valence-corrected chi connectivity index (χ2v) is 13.5. The van der Waals surface area contributed by atoms with Gasteiger partial charge in [0.25, 0.3) is 0 Å². The highest BCUT2D eigenvalue weighted by molar-refractivity contribution is 5.71. The summed E-state index contributed by atoms with van der Waals surface area (Å²) in [7, 11) is 0. The Bertz CT molecular complexity index is 738. The molecule has 0 aliphatic carbocycles. The van der Waals surface area contributed by atoms with Gasteiger partial charge in [0, 0.05) is 6.42 Å². The molecule has 0 radical (unpaired) electrons. The number of carboxylic acid groups (broad SMARTS) is 1. The maximum atomic E-state index is 12.3. The lowest BCUT2D eigenvalue weighted by Crippen LogP contribution is -2.21. The summed E-state index contributed by atoms with van der Waals surface area (Å²) in [6.07, 6.45) is 48.8. The molecule has 0 aromatic heterocycles. The Labute approximate surface area is 286 Å². The molecule has 0 rings (SSSR count). The quantitative estimate of drug-likeness (QED) is 0.0419. The van der Waals surface area contributed by atoms with Gasteiger partial charge in [0.05, 0.1) is 6.42 Å². The number of ether oxygens (including phenoxy) is 1. The first kappa shape index (κ1) is 44.2. The number of unbranched alkanes of at least 4 members (excludes halogenated alkanes) is 23. The first-order valence-electron chi connectivity index (χ1n) is 20.0. The van der Waals surface area contributed by atoms with Gasteiger partial charge < -0.3 is 9.84 Å². The first-order chi connectivity index (χ1) is 22.6. The van der Waals surface area contributed by atoms with E-state index in [2.05, 4.69) is 50.3 Å². The summed E-state index contributed by atoms with van der Waals surface area (Å²) < 4.78 is 5.58. The molecule has 1 N–H and O–H groups in total. The normalized spacial score (nSPS) is 12.6. The highest BCUT2D eigenvalue weighted by Gasteiger charge is 2.17. The van der Waals surface area contributed by atoms with Crippen molar-refractivity contribution in [3.63, 3.8) is 0 Å². The molecule has 0 aliphatic rings. The highest BCUT2D eigenvalue weighted by Crippen LogP contribution is 2.17. The van der Waals surface area contributed by atoms with Gasteiger partial charge in [-0.05, 0) is 77.0 Å². The van der Waals surface area contributed by atoms with E-state index in [0.29, 0.717) is 12.8 Å². The Hall–Kier alpha value is -1.84. The average molecular weight is 645 g/mol. The number of allylic oxidation sites excluding steroid dienone is 6. The van der Waals surface area contributed by atoms with Crippen molar-refractivity contribution in [3.05, 3.63) is 36.5 Å². The zero-order valence-electron chi connectivity index (χ0n) is 30.6. The summed E-state index contributed by atoms with van der Waals surface area (Å²) in [5.41, 5.74) is 0. The van der Waals surface area contributed by atoms with Gasteiger partial charge in [-0.2, -0.15) is 0 Å². The number of hydrogen-bond donors (Lipinski definition) is 1. The summed E-state index contributed by atoms with van der Waals surface area (Å²) in [6, 6.07) is 0. The minimum absolute atomic E-state index is 0.0777. The Balaban J connectivity index is 3.66. The zero-order valence-corrected chi connectivity index (χ0v) is 30.6. The van der Waals surface area contributed by atoms with E-state index in [-0.39, 0.29) is 12.4 Å². The summed E-state index contributed by atoms with van der Waals surface area (Å²) in [4.78, 5) is 23.6. The van der Waals surface area contributed by atoms with Gasteiger partial charge >= 0.3 is 11.9 Å². The fourth-order valence-electron chi connectivity index (χ4n) is 5.87. The third-order valence-electron chi connectivity index (χ3n) is 8.82. The lowest BCUT2D eigenvalue weighted by molar-refractivity contribution is -0.153. The Morgan fingerprint density at radius 2 is 0.870 bits per heavy atom. The monoisotopic (exact) mass is 645 g/mol. The average Bonchev–Trinajstić information content (AvgIpc) is 3.03. The zero-order chi connectivity index (χ0) is 33.6. The molecule has 0 fully saturated rings. The molecule has 0 saturated heterocycles. The van der Waals surface area contributed by atoms with Crippen LogP contribution in [0.3, 0.4) is 0 Å². The number of rotatable bonds is 36. The van der Waals surface area contributed by atoms with E-state index in [1.54, 1.807) is 0 Å². The van der Waals surface area contributed by atoms with Crippen molar-refractivity contribution in [3.8, 4) is 0 Å². The van der Waals surface area contributed by atoms with Crippen LogP contribution in [0.4, 0.5) is 0 Å². The Kier molecular flexibility index (Phi) is 36.1. The lowest BCUT2D eigenvalue weighted by atomic mass is 10.0. The van der Waals surface area contributed by atoms with E-state index < -0.39 is 12.1 Å². The second-order valence-electron chi connectivity index (χ2n) is 13.5. The molecule has 4 nitrogen and oxygen atoms in total. The molecule has 268 valence electrons. The molecule has 4 heteroatoms. The van der Waals surface area contributed by atoms with Crippen LogP contribution in [0.2, 0.25) is 0 Å². The van der Waals surface area contributed by atoms with E-state index in [9.17, 15) is 14.7 Å². The maximum absolute atomic E-state index is 12.3. The van der Waals surface area contributed by atoms with Crippen LogP contribution < -0.4 is 0 Å². The predicted molar refractivity (Wildman–Crippen MR) is 199 cm³/mol. The SMILES string of the molecule is CCCCC/C=C\C/C=C\CCCC/C=C\CCCCCCCC(=O)OC(CCCCCCCCCCCCCCC)CC(=O)O. The molecular weight excluding hydrogens is 568 g/mol. The summed E-state index contributed by atoms with van der Waals surface area (Å²) in [6.45, 7) is 4.51. The van der Waals surface area contributed by atoms with Crippen molar-refractivity contribution in [2.75, 3.05) is 0 Å². The van der Waals surface area contributed by atoms with Crippen LogP contribution in [0.5, 0.6) is 0 Å². The number of aliphatic carboxylic acids is 1. The van der Waals surface area contributed by atoms with Crippen LogP contribution in [0.25, 0.3) is 0 Å². The molecule has 0 aromatic carbocycles. The smallest absolute Gasteiger partial charge is 0.307 e. The van der Waals surface area contributed by atoms with Gasteiger partial charge in [-0.25, -0.2) is 0 Å². The second kappa shape index (κ2) is 37.6. The molecule has 0 aromatic rings. The molecule has 0 amide bonds. The largest absolute Gasteiger partial charge is 0.481 e. The van der Waals surface area contributed by atoms with E-state index >= 15 is 0 Å². The van der Waals surface area contributed by atoms with Crippen molar-refractivity contribution in [1.29, 1.82) is 0 Å². The van der Waals surface area contributed by atoms with E-state index in [4.69, 9.17) is 4.74 Å². The molecule has 46 heavy (non-hydrogen) atoms. The number of esters is 1. The summed E-state index contributed by atoms with van der Waals surface area (Å²) >= 11 is 0. The predicted octanol–water partition coefficient (Wildman–Crippen LogP) is 13.8. The number of carbonyl (C=O) groups excluding carboxylic acids is 1. The minimum Gasteiger partial charge on any atom is -0.481 e. The van der Waals surface area contributed by atoms with Crippen molar-refractivity contribution in [2.24, 2.45) is 0 Å². The van der Waals surface area contributed by atoms with Crippen LogP contribution in [0, 0.1) is 0 Å². The van der Waals surface area contributed by atoms with Gasteiger partial charge in [-0.1, -0.05) is 159 Å². The van der Waals surface area contributed by atoms with Gasteiger partial charge in [0.2, 0.25) is 0 Å². The fourth-order valence-corrected chi connectivity index (χ4v) is 5.87. The van der Waals surface area contributed by atoms with Crippen molar-refractivity contribution >= 4 is 11.9 Å². The molecule has 1 atom stereocenters. The Morgan fingerprint density at radius 1 is 0.500 bits per heavy atom. The molecule has 0 spiro atoms. The van der Waals surface area contributed by atoms with Crippen LogP contribution >= 0.6 is 0 Å². The molecule has 0 aliphatic heterocycles. The van der Waals surface area contributed by atoms with Crippen molar-refractivity contribution in [1.82, 2.24) is 0 Å². The molecule has 1 unspecified atom stereocenters. The van der Waals surface area contributed by atoms with Crippen molar-refractivity contribution in [2.45, 2.75) is 219 Å². The maximum Gasteiger partial charge on any atom is 0.307 e. The van der Waals surface area contributed by atoms with Gasteiger partial charge in [-0.15, -0.1) is 0 Å². The van der Waals surface area contributed by atoms with Gasteiger partial charge in [-0.3, -0.25) is 9.59 Å². The first-order valence-corrected chi connectivity index (χ1v) is 20.0. The number of carbonyl (C=O) groups is 2. The third-order valence-corrected chi connectivity index (χ3v) is 8.82. The van der Waals surface area contributed by atoms with Gasteiger partial charge in [0.1, 0.15) is 6.10 Å². The van der Waals surface area contributed by atoms with Crippen LogP contribution in [-0.2, 0) is 14.3 Å². The molecule has 0 heterocycles.